The van der Waals surface area contributed by atoms with E-state index in [2.05, 4.69) is 27.9 Å². The van der Waals surface area contributed by atoms with E-state index in [0.717, 1.165) is 34.3 Å². The van der Waals surface area contributed by atoms with Crippen molar-refractivity contribution in [1.82, 2.24) is 5.32 Å². The lowest BCUT2D eigenvalue weighted by molar-refractivity contribution is 0.0953. The summed E-state index contributed by atoms with van der Waals surface area (Å²) >= 11 is 9.36. The summed E-state index contributed by atoms with van der Waals surface area (Å²) in [6, 6.07) is 1.90. The third-order valence-corrected chi connectivity index (χ3v) is 3.98. The number of rotatable bonds is 6. The van der Waals surface area contributed by atoms with Crippen molar-refractivity contribution < 1.29 is 4.79 Å². The van der Waals surface area contributed by atoms with Crippen LogP contribution in [0.15, 0.2) is 11.4 Å². The highest BCUT2D eigenvalue weighted by Crippen LogP contribution is 2.16. The minimum Gasteiger partial charge on any atom is -0.352 e. The minimum atomic E-state index is 0.0278. The van der Waals surface area contributed by atoms with Crippen molar-refractivity contribution in [2.75, 3.05) is 12.4 Å². The number of hydrogen-bond acceptors (Lipinski definition) is 2. The molecule has 0 bridgehead atoms. The van der Waals surface area contributed by atoms with Crippen LogP contribution in [-0.2, 0) is 0 Å². The predicted octanol–water partition coefficient (Wildman–Crippen LogP) is 3.49. The lowest BCUT2D eigenvalue weighted by atomic mass is 10.2. The van der Waals surface area contributed by atoms with Gasteiger partial charge in [0.05, 0.1) is 8.45 Å². The van der Waals surface area contributed by atoms with Crippen molar-refractivity contribution in [2.45, 2.75) is 19.3 Å². The molecule has 1 amide bonds. The number of halogens is 2. The van der Waals surface area contributed by atoms with E-state index >= 15 is 0 Å². The van der Waals surface area contributed by atoms with Crippen LogP contribution in [-0.4, -0.2) is 18.3 Å². The smallest absolute Gasteiger partial charge is 0.252 e. The molecule has 1 aromatic heterocycles. The number of carbonyl (C=O) groups excluding carboxylic acids is 1. The molecule has 5 heteroatoms. The average molecular weight is 358 g/mol. The van der Waals surface area contributed by atoms with E-state index in [0.29, 0.717) is 5.88 Å². The van der Waals surface area contributed by atoms with Crippen molar-refractivity contribution in [1.29, 1.82) is 0 Å². The van der Waals surface area contributed by atoms with Gasteiger partial charge in [-0.2, -0.15) is 0 Å². The highest BCUT2D eigenvalue weighted by molar-refractivity contribution is 14.1. The van der Waals surface area contributed by atoms with E-state index in [1.54, 1.807) is 11.3 Å². The van der Waals surface area contributed by atoms with Crippen molar-refractivity contribution in [3.05, 3.63) is 19.9 Å². The number of hydrogen-bond donors (Lipinski definition) is 1. The van der Waals surface area contributed by atoms with Crippen LogP contribution in [0.2, 0.25) is 0 Å². The fraction of sp³-hybridized carbons (Fsp3) is 0.500. The van der Waals surface area contributed by atoms with Gasteiger partial charge in [-0.15, -0.1) is 22.9 Å². The maximum absolute atomic E-state index is 11.6. The molecule has 1 rings (SSSR count). The maximum atomic E-state index is 11.6. The zero-order chi connectivity index (χ0) is 11.1. The summed E-state index contributed by atoms with van der Waals surface area (Å²) in [6.45, 7) is 0.738. The Labute approximate surface area is 113 Å². The highest BCUT2D eigenvalue weighted by Gasteiger charge is 2.06. The van der Waals surface area contributed by atoms with Gasteiger partial charge in [0, 0.05) is 17.8 Å². The largest absolute Gasteiger partial charge is 0.352 e. The molecular weight excluding hydrogens is 345 g/mol. The molecule has 1 aromatic rings. The quantitative estimate of drug-likeness (QED) is 0.471. The first-order chi connectivity index (χ1) is 7.24. The summed E-state index contributed by atoms with van der Waals surface area (Å²) in [4.78, 5) is 11.6. The van der Waals surface area contributed by atoms with Crippen LogP contribution in [0.5, 0.6) is 0 Å². The monoisotopic (exact) mass is 357 g/mol. The molecule has 0 aromatic carbocycles. The summed E-state index contributed by atoms with van der Waals surface area (Å²) in [5.74, 6) is 0.733. The molecule has 0 atom stereocenters. The summed E-state index contributed by atoms with van der Waals surface area (Å²) in [5, 5.41) is 4.78. The van der Waals surface area contributed by atoms with E-state index < -0.39 is 0 Å². The van der Waals surface area contributed by atoms with Gasteiger partial charge in [-0.1, -0.05) is 6.42 Å². The Kier molecular flexibility index (Phi) is 6.59. The van der Waals surface area contributed by atoms with Crippen LogP contribution in [0, 0.1) is 2.88 Å². The second-order valence-corrected chi connectivity index (χ2v) is 6.33. The first-order valence-electron chi connectivity index (χ1n) is 4.82. The molecule has 0 aliphatic carbocycles. The molecule has 0 aliphatic rings. The van der Waals surface area contributed by atoms with Crippen molar-refractivity contribution in [3.63, 3.8) is 0 Å². The van der Waals surface area contributed by atoms with Gasteiger partial charge in [0.1, 0.15) is 0 Å². The van der Waals surface area contributed by atoms with E-state index in [4.69, 9.17) is 11.6 Å². The molecule has 0 saturated heterocycles. The Morgan fingerprint density at radius 1 is 1.47 bits per heavy atom. The van der Waals surface area contributed by atoms with Crippen LogP contribution < -0.4 is 5.32 Å². The topological polar surface area (TPSA) is 29.1 Å². The molecule has 0 radical (unpaired) electrons. The van der Waals surface area contributed by atoms with Crippen LogP contribution in [0.1, 0.15) is 29.6 Å². The third-order valence-electron chi connectivity index (χ3n) is 1.93. The normalized spacial score (nSPS) is 10.3. The van der Waals surface area contributed by atoms with Gasteiger partial charge in [0.15, 0.2) is 0 Å². The Morgan fingerprint density at radius 3 is 2.87 bits per heavy atom. The van der Waals surface area contributed by atoms with Gasteiger partial charge in [-0.05, 0) is 41.5 Å². The van der Waals surface area contributed by atoms with Crippen LogP contribution >= 0.6 is 45.5 Å². The van der Waals surface area contributed by atoms with E-state index in [1.807, 2.05) is 11.4 Å². The number of unbranched alkanes of at least 4 members (excludes halogenated alkanes) is 2. The van der Waals surface area contributed by atoms with E-state index in [1.165, 1.54) is 0 Å². The highest BCUT2D eigenvalue weighted by atomic mass is 127. The Morgan fingerprint density at radius 2 is 2.27 bits per heavy atom. The number of amides is 1. The van der Waals surface area contributed by atoms with Gasteiger partial charge < -0.3 is 5.32 Å². The molecule has 2 nitrogen and oxygen atoms in total. The summed E-state index contributed by atoms with van der Waals surface area (Å²) in [7, 11) is 0. The fourth-order valence-electron chi connectivity index (χ4n) is 1.13. The lowest BCUT2D eigenvalue weighted by Crippen LogP contribution is -2.23. The van der Waals surface area contributed by atoms with E-state index in [-0.39, 0.29) is 5.91 Å². The lowest BCUT2D eigenvalue weighted by Gasteiger charge is -2.02. The SMILES string of the molecule is O=C(NCCCCCCl)c1csc(I)c1. The van der Waals surface area contributed by atoms with Gasteiger partial charge in [-0.3, -0.25) is 4.79 Å². The van der Waals surface area contributed by atoms with E-state index in [9.17, 15) is 4.79 Å². The number of nitrogens with one attached hydrogen (secondary N) is 1. The van der Waals surface area contributed by atoms with Gasteiger partial charge in [-0.25, -0.2) is 0 Å². The molecule has 15 heavy (non-hydrogen) atoms. The molecule has 1 heterocycles. The van der Waals surface area contributed by atoms with Crippen molar-refractivity contribution >= 4 is 51.4 Å². The molecule has 1 N–H and O–H groups in total. The van der Waals surface area contributed by atoms with Crippen LogP contribution in [0.25, 0.3) is 0 Å². The number of thiophene rings is 1. The second-order valence-electron chi connectivity index (χ2n) is 3.15. The number of carbonyl (C=O) groups is 1. The Hall–Kier alpha value is 0.190. The first-order valence-corrected chi connectivity index (χ1v) is 7.31. The standard InChI is InChI=1S/C10H13ClINOS/c11-4-2-1-3-5-13-10(14)8-6-9(12)15-7-8/h6-7H,1-5H2,(H,13,14). The zero-order valence-electron chi connectivity index (χ0n) is 8.26. The first kappa shape index (κ1) is 13.3. The van der Waals surface area contributed by atoms with Crippen LogP contribution in [0.3, 0.4) is 0 Å². The molecule has 0 unspecified atom stereocenters. The van der Waals surface area contributed by atoms with Crippen LogP contribution in [0.4, 0.5) is 0 Å². The molecule has 0 spiro atoms. The summed E-state index contributed by atoms with van der Waals surface area (Å²) in [6.07, 6.45) is 3.10. The molecule has 0 saturated carbocycles. The Bertz CT molecular complexity index is 316. The second kappa shape index (κ2) is 7.46. The van der Waals surface area contributed by atoms with Crippen molar-refractivity contribution in [3.8, 4) is 0 Å². The molecule has 0 aliphatic heterocycles. The molecule has 84 valence electrons. The molecule has 0 fully saturated rings. The van der Waals surface area contributed by atoms with Crippen molar-refractivity contribution in [2.24, 2.45) is 0 Å². The average Bonchev–Trinajstić information content (AvgIpc) is 2.64. The van der Waals surface area contributed by atoms with Gasteiger partial charge in [0.25, 0.3) is 5.91 Å². The maximum Gasteiger partial charge on any atom is 0.252 e. The third kappa shape index (κ3) is 5.17. The van der Waals surface area contributed by atoms with Gasteiger partial charge >= 0.3 is 0 Å². The van der Waals surface area contributed by atoms with Gasteiger partial charge in [0.2, 0.25) is 0 Å². The fourth-order valence-corrected chi connectivity index (χ4v) is 2.64. The zero-order valence-corrected chi connectivity index (χ0v) is 12.0. The molecular formula is C10H13ClINOS. The summed E-state index contributed by atoms with van der Waals surface area (Å²) in [5.41, 5.74) is 0.766. The minimum absolute atomic E-state index is 0.0278. The summed E-state index contributed by atoms with van der Waals surface area (Å²) < 4.78 is 1.14. The Balaban J connectivity index is 2.19. The predicted molar refractivity (Wildman–Crippen MR) is 73.9 cm³/mol. The number of alkyl halides is 1.